The number of nitrogen functional groups attached to an aromatic ring is 1. The van der Waals surface area contributed by atoms with Crippen molar-refractivity contribution in [1.29, 1.82) is 0 Å². The number of hydrogen-bond acceptors (Lipinski definition) is 5. The van der Waals surface area contributed by atoms with Crippen molar-refractivity contribution in [3.05, 3.63) is 28.2 Å². The van der Waals surface area contributed by atoms with E-state index in [1.54, 1.807) is 16.0 Å². The molecule has 6 nitrogen and oxygen atoms in total. The first-order chi connectivity index (χ1) is 8.65. The number of hydrogen-bond donors (Lipinski definition) is 2. The van der Waals surface area contributed by atoms with E-state index in [4.69, 9.17) is 5.73 Å². The number of aliphatic carboxylic acids is 1. The lowest BCUT2D eigenvalue weighted by Gasteiger charge is -2.27. The van der Waals surface area contributed by atoms with Crippen LogP contribution in [0.15, 0.2) is 17.5 Å². The van der Waals surface area contributed by atoms with Gasteiger partial charge in [-0.2, -0.15) is 4.98 Å². The summed E-state index contributed by atoms with van der Waals surface area (Å²) in [4.78, 5) is 16.5. The van der Waals surface area contributed by atoms with Crippen LogP contribution in [0.1, 0.15) is 16.6 Å². The van der Waals surface area contributed by atoms with Gasteiger partial charge in [0.05, 0.1) is 12.5 Å². The summed E-state index contributed by atoms with van der Waals surface area (Å²) in [5.74, 6) is -0.439. The van der Waals surface area contributed by atoms with Crippen molar-refractivity contribution in [3.63, 3.8) is 0 Å². The Bertz CT molecular complexity index is 578. The molecule has 3 rings (SSSR count). The molecule has 1 aliphatic heterocycles. The molecule has 0 saturated heterocycles. The number of anilines is 1. The molecule has 0 aromatic carbocycles. The minimum absolute atomic E-state index is 0.0592. The zero-order valence-electron chi connectivity index (χ0n) is 9.48. The Hall–Kier alpha value is -1.89. The van der Waals surface area contributed by atoms with Gasteiger partial charge in [0.15, 0.2) is 0 Å². The highest BCUT2D eigenvalue weighted by molar-refractivity contribution is 7.10. The fourth-order valence-corrected chi connectivity index (χ4v) is 3.28. The van der Waals surface area contributed by atoms with Gasteiger partial charge in [-0.15, -0.1) is 16.4 Å². The molecule has 0 fully saturated rings. The lowest BCUT2D eigenvalue weighted by Crippen LogP contribution is -2.33. The fourth-order valence-electron chi connectivity index (χ4n) is 2.39. The molecule has 0 bridgehead atoms. The SMILES string of the molecule is Nc1nc2n(n1)CC(c1cccs1)C(C(=O)O)C2. The normalized spacial score (nSPS) is 22.7. The van der Waals surface area contributed by atoms with E-state index >= 15 is 0 Å². The molecular formula is C11H12N4O2S. The van der Waals surface area contributed by atoms with Crippen LogP contribution in [0.3, 0.4) is 0 Å². The van der Waals surface area contributed by atoms with E-state index in [0.29, 0.717) is 18.8 Å². The van der Waals surface area contributed by atoms with Crippen molar-refractivity contribution >= 4 is 23.3 Å². The molecule has 2 unspecified atom stereocenters. The third kappa shape index (κ3) is 1.76. The van der Waals surface area contributed by atoms with Crippen molar-refractivity contribution in [2.75, 3.05) is 5.73 Å². The van der Waals surface area contributed by atoms with Crippen LogP contribution in [0.4, 0.5) is 5.95 Å². The third-order valence-electron chi connectivity index (χ3n) is 3.25. The van der Waals surface area contributed by atoms with Gasteiger partial charge >= 0.3 is 5.97 Å². The number of nitrogens with zero attached hydrogens (tertiary/aromatic N) is 3. The molecule has 94 valence electrons. The van der Waals surface area contributed by atoms with Crippen LogP contribution < -0.4 is 5.73 Å². The van der Waals surface area contributed by atoms with Gasteiger partial charge in [0.25, 0.3) is 0 Å². The van der Waals surface area contributed by atoms with E-state index in [9.17, 15) is 9.90 Å². The molecule has 18 heavy (non-hydrogen) atoms. The average Bonchev–Trinajstić information content (AvgIpc) is 2.93. The van der Waals surface area contributed by atoms with Gasteiger partial charge in [-0.3, -0.25) is 4.79 Å². The topological polar surface area (TPSA) is 94.0 Å². The van der Waals surface area contributed by atoms with Gasteiger partial charge in [-0.05, 0) is 11.4 Å². The van der Waals surface area contributed by atoms with E-state index < -0.39 is 11.9 Å². The molecule has 0 spiro atoms. The maximum atomic E-state index is 11.4. The largest absolute Gasteiger partial charge is 0.481 e. The summed E-state index contributed by atoms with van der Waals surface area (Å²) >= 11 is 1.58. The molecule has 2 aromatic heterocycles. The monoisotopic (exact) mass is 264 g/mol. The molecule has 2 aromatic rings. The molecule has 0 aliphatic carbocycles. The minimum atomic E-state index is -0.791. The zero-order valence-corrected chi connectivity index (χ0v) is 10.3. The number of thiophene rings is 1. The molecule has 3 heterocycles. The summed E-state index contributed by atoms with van der Waals surface area (Å²) in [5, 5.41) is 15.4. The molecule has 2 atom stereocenters. The standard InChI is InChI=1S/C11H12N4O2S/c12-11-13-9-4-6(10(16)17)7(5-15(9)14-11)8-2-1-3-18-8/h1-3,6-7H,4-5H2,(H2,12,14)(H,16,17). The number of aromatic nitrogens is 3. The molecule has 7 heteroatoms. The second kappa shape index (κ2) is 4.09. The van der Waals surface area contributed by atoms with Crippen LogP contribution in [0.2, 0.25) is 0 Å². The Morgan fingerprint density at radius 3 is 3.11 bits per heavy atom. The van der Waals surface area contributed by atoms with Crippen LogP contribution in [-0.2, 0) is 17.8 Å². The quantitative estimate of drug-likeness (QED) is 0.842. The van der Waals surface area contributed by atoms with Crippen LogP contribution in [0.25, 0.3) is 0 Å². The Morgan fingerprint density at radius 2 is 2.44 bits per heavy atom. The van der Waals surface area contributed by atoms with Gasteiger partial charge in [-0.1, -0.05) is 6.07 Å². The summed E-state index contributed by atoms with van der Waals surface area (Å²) in [5.41, 5.74) is 5.56. The molecule has 0 radical (unpaired) electrons. The number of fused-ring (bicyclic) bond motifs is 1. The highest BCUT2D eigenvalue weighted by Gasteiger charge is 2.36. The fraction of sp³-hybridized carbons (Fsp3) is 0.364. The van der Waals surface area contributed by atoms with Crippen molar-refractivity contribution < 1.29 is 9.90 Å². The summed E-state index contributed by atoms with van der Waals surface area (Å²) in [7, 11) is 0. The first-order valence-corrected chi connectivity index (χ1v) is 6.48. The zero-order chi connectivity index (χ0) is 12.7. The van der Waals surface area contributed by atoms with E-state index in [2.05, 4.69) is 10.1 Å². The van der Waals surface area contributed by atoms with Gasteiger partial charge in [-0.25, -0.2) is 4.68 Å². The van der Waals surface area contributed by atoms with Crippen LogP contribution in [0.5, 0.6) is 0 Å². The molecule has 1 aliphatic rings. The first-order valence-electron chi connectivity index (χ1n) is 5.60. The smallest absolute Gasteiger partial charge is 0.307 e. The number of rotatable bonds is 2. The maximum Gasteiger partial charge on any atom is 0.307 e. The highest BCUT2D eigenvalue weighted by Crippen LogP contribution is 2.35. The van der Waals surface area contributed by atoms with E-state index in [0.717, 1.165) is 4.88 Å². The summed E-state index contributed by atoms with van der Waals surface area (Å²) < 4.78 is 1.72. The van der Waals surface area contributed by atoms with Crippen molar-refractivity contribution in [2.24, 2.45) is 5.92 Å². The van der Waals surface area contributed by atoms with E-state index in [-0.39, 0.29) is 11.9 Å². The predicted octanol–water partition coefficient (Wildman–Crippen LogP) is 0.962. The van der Waals surface area contributed by atoms with E-state index in [1.165, 1.54) is 0 Å². The van der Waals surface area contributed by atoms with E-state index in [1.807, 2.05) is 17.5 Å². The summed E-state index contributed by atoms with van der Waals surface area (Å²) in [6, 6.07) is 3.90. The lowest BCUT2D eigenvalue weighted by molar-refractivity contribution is -0.143. The van der Waals surface area contributed by atoms with Gasteiger partial charge in [0.1, 0.15) is 5.82 Å². The summed E-state index contributed by atoms with van der Waals surface area (Å²) in [6.07, 6.45) is 0.377. The molecule has 0 saturated carbocycles. The Labute approximate surface area is 107 Å². The van der Waals surface area contributed by atoms with Crippen LogP contribution >= 0.6 is 11.3 Å². The number of nitrogens with two attached hydrogens (primary N) is 1. The number of carbonyl (C=O) groups is 1. The number of carboxylic acid groups (broad SMARTS) is 1. The minimum Gasteiger partial charge on any atom is -0.481 e. The van der Waals surface area contributed by atoms with Gasteiger partial charge in [0.2, 0.25) is 5.95 Å². The average molecular weight is 264 g/mol. The van der Waals surface area contributed by atoms with Gasteiger partial charge < -0.3 is 10.8 Å². The third-order valence-corrected chi connectivity index (χ3v) is 4.25. The van der Waals surface area contributed by atoms with Crippen molar-refractivity contribution in [1.82, 2.24) is 14.8 Å². The Balaban J connectivity index is 2.00. The van der Waals surface area contributed by atoms with Crippen LogP contribution in [0, 0.1) is 5.92 Å². The van der Waals surface area contributed by atoms with Crippen LogP contribution in [-0.4, -0.2) is 25.8 Å². The second-order valence-electron chi connectivity index (χ2n) is 4.34. The van der Waals surface area contributed by atoms with Crippen molar-refractivity contribution in [2.45, 2.75) is 18.9 Å². The predicted molar refractivity (Wildman–Crippen MR) is 66.3 cm³/mol. The maximum absolute atomic E-state index is 11.4. The Morgan fingerprint density at radius 1 is 1.61 bits per heavy atom. The first kappa shape index (κ1) is 11.2. The van der Waals surface area contributed by atoms with Gasteiger partial charge in [0, 0.05) is 17.2 Å². The van der Waals surface area contributed by atoms with Crippen molar-refractivity contribution in [3.8, 4) is 0 Å². The molecule has 0 amide bonds. The second-order valence-corrected chi connectivity index (χ2v) is 5.32. The Kier molecular flexibility index (Phi) is 2.55. The number of carboxylic acids is 1. The molecular weight excluding hydrogens is 252 g/mol. The highest BCUT2D eigenvalue weighted by atomic mass is 32.1. The lowest BCUT2D eigenvalue weighted by atomic mass is 9.85. The summed E-state index contributed by atoms with van der Waals surface area (Å²) in [6.45, 7) is 0.525. The molecule has 3 N–H and O–H groups in total.